The van der Waals surface area contributed by atoms with E-state index in [1.165, 1.54) is 17.4 Å². The molecule has 0 radical (unpaired) electrons. The van der Waals surface area contributed by atoms with Gasteiger partial charge in [-0.2, -0.15) is 4.99 Å². The first-order chi connectivity index (χ1) is 14.8. The van der Waals surface area contributed by atoms with E-state index < -0.39 is 15.9 Å². The van der Waals surface area contributed by atoms with Crippen molar-refractivity contribution < 1.29 is 13.2 Å². The van der Waals surface area contributed by atoms with E-state index in [9.17, 15) is 13.2 Å². The van der Waals surface area contributed by atoms with Crippen LogP contribution < -0.4 is 16.4 Å². The largest absolute Gasteiger partial charge is 0.371 e. The van der Waals surface area contributed by atoms with E-state index >= 15 is 0 Å². The SMILES string of the molecule is CN(CCc1ccccc1)S(=O)(=O)c1ccc(N2CCCCC2)c(C(=O)N=C(N)N)c1. The number of nitrogens with two attached hydrogens (primary N) is 2. The number of sulfonamides is 1. The Hall–Kier alpha value is -2.91. The Labute approximate surface area is 183 Å². The standard InChI is InChI=1S/C22H29N5O3S/c1-26(15-12-17-8-4-2-5-9-17)31(29,30)18-10-11-20(27-13-6-3-7-14-27)19(16-18)21(28)25-22(23)24/h2,4-5,8-11,16H,3,6-7,12-15H2,1H3,(H4,23,24,25,28). The van der Waals surface area contributed by atoms with Crippen molar-refractivity contribution in [2.45, 2.75) is 30.6 Å². The Kier molecular flexibility index (Phi) is 7.29. The van der Waals surface area contributed by atoms with Gasteiger partial charge in [0.2, 0.25) is 10.0 Å². The highest BCUT2D eigenvalue weighted by Gasteiger charge is 2.25. The van der Waals surface area contributed by atoms with Gasteiger partial charge >= 0.3 is 0 Å². The van der Waals surface area contributed by atoms with Crippen LogP contribution in [0.3, 0.4) is 0 Å². The smallest absolute Gasteiger partial charge is 0.282 e. The maximum atomic E-state index is 13.2. The van der Waals surface area contributed by atoms with E-state index in [2.05, 4.69) is 9.89 Å². The molecule has 2 aromatic rings. The number of rotatable bonds is 7. The van der Waals surface area contributed by atoms with Gasteiger partial charge in [-0.15, -0.1) is 0 Å². The highest BCUT2D eigenvalue weighted by atomic mass is 32.2. The number of nitrogens with zero attached hydrogens (tertiary/aromatic N) is 3. The van der Waals surface area contributed by atoms with Crippen LogP contribution in [0.1, 0.15) is 35.2 Å². The Morgan fingerprint density at radius 3 is 2.39 bits per heavy atom. The van der Waals surface area contributed by atoms with Crippen LogP contribution in [0.5, 0.6) is 0 Å². The third kappa shape index (κ3) is 5.62. The predicted octanol–water partition coefficient (Wildman–Crippen LogP) is 1.95. The zero-order chi connectivity index (χ0) is 22.4. The van der Waals surface area contributed by atoms with Crippen molar-refractivity contribution in [1.29, 1.82) is 0 Å². The van der Waals surface area contributed by atoms with Gasteiger partial charge in [-0.25, -0.2) is 12.7 Å². The van der Waals surface area contributed by atoms with Gasteiger partial charge in [0.25, 0.3) is 5.91 Å². The van der Waals surface area contributed by atoms with Crippen molar-refractivity contribution in [2.75, 3.05) is 31.6 Å². The molecule has 0 spiro atoms. The summed E-state index contributed by atoms with van der Waals surface area (Å²) in [6, 6.07) is 14.3. The molecule has 0 bridgehead atoms. The van der Waals surface area contributed by atoms with Crippen molar-refractivity contribution in [3.63, 3.8) is 0 Å². The second-order valence-corrected chi connectivity index (χ2v) is 9.68. The lowest BCUT2D eigenvalue weighted by Crippen LogP contribution is -2.32. The molecule has 4 N–H and O–H groups in total. The number of hydrogen-bond donors (Lipinski definition) is 2. The molecule has 3 rings (SSSR count). The number of carbonyl (C=O) groups is 1. The predicted molar refractivity (Wildman–Crippen MR) is 123 cm³/mol. The number of carbonyl (C=O) groups excluding carboxylic acids is 1. The van der Waals surface area contributed by atoms with E-state index in [0.717, 1.165) is 37.9 Å². The molecule has 1 heterocycles. The summed E-state index contributed by atoms with van der Waals surface area (Å²) in [5.74, 6) is -1.01. The lowest BCUT2D eigenvalue weighted by atomic mass is 10.1. The quantitative estimate of drug-likeness (QED) is 0.498. The molecule has 1 aliphatic rings. The van der Waals surface area contributed by atoms with Crippen LogP contribution in [0.4, 0.5) is 5.69 Å². The summed E-state index contributed by atoms with van der Waals surface area (Å²) in [5, 5.41) is 0. The van der Waals surface area contributed by atoms with Gasteiger partial charge in [0.05, 0.1) is 10.5 Å². The van der Waals surface area contributed by atoms with Crippen LogP contribution in [-0.2, 0) is 16.4 Å². The van der Waals surface area contributed by atoms with Crippen molar-refractivity contribution in [3.8, 4) is 0 Å². The van der Waals surface area contributed by atoms with Gasteiger partial charge in [-0.05, 0) is 49.4 Å². The topological polar surface area (TPSA) is 122 Å². The van der Waals surface area contributed by atoms with E-state index in [0.29, 0.717) is 18.7 Å². The second kappa shape index (κ2) is 9.93. The molecule has 0 unspecified atom stereocenters. The number of amides is 1. The van der Waals surface area contributed by atoms with Crippen LogP contribution in [0.15, 0.2) is 58.4 Å². The van der Waals surface area contributed by atoms with Crippen LogP contribution in [0, 0.1) is 0 Å². The van der Waals surface area contributed by atoms with Gasteiger partial charge in [-0.3, -0.25) is 4.79 Å². The van der Waals surface area contributed by atoms with Gasteiger partial charge in [-0.1, -0.05) is 30.3 Å². The maximum Gasteiger partial charge on any atom is 0.282 e. The number of guanidine groups is 1. The van der Waals surface area contributed by atoms with Crippen LogP contribution in [0.25, 0.3) is 0 Å². The normalized spacial score (nSPS) is 14.5. The molecule has 8 nitrogen and oxygen atoms in total. The Balaban J connectivity index is 1.90. The minimum Gasteiger partial charge on any atom is -0.371 e. The van der Waals surface area contributed by atoms with E-state index in [1.54, 1.807) is 12.1 Å². The van der Waals surface area contributed by atoms with Gasteiger partial charge in [0.1, 0.15) is 0 Å². The second-order valence-electron chi connectivity index (χ2n) is 7.63. The molecule has 0 aromatic heterocycles. The number of likely N-dealkylation sites (N-methyl/N-ethyl adjacent to an activating group) is 1. The van der Waals surface area contributed by atoms with E-state index in [4.69, 9.17) is 11.5 Å². The molecule has 0 atom stereocenters. The molecule has 9 heteroatoms. The van der Waals surface area contributed by atoms with Gasteiger partial charge in [0.15, 0.2) is 5.96 Å². The van der Waals surface area contributed by atoms with Crippen LogP contribution >= 0.6 is 0 Å². The average molecular weight is 444 g/mol. The molecule has 166 valence electrons. The number of piperidine rings is 1. The number of benzene rings is 2. The molecule has 1 aliphatic heterocycles. The highest BCUT2D eigenvalue weighted by Crippen LogP contribution is 2.28. The summed E-state index contributed by atoms with van der Waals surface area (Å²) in [7, 11) is -2.25. The molecule has 0 aliphatic carbocycles. The lowest BCUT2D eigenvalue weighted by molar-refractivity contribution is 0.100. The number of aliphatic imine (C=N–C) groups is 1. The van der Waals surface area contributed by atoms with Gasteiger partial charge < -0.3 is 16.4 Å². The molecule has 0 saturated carbocycles. The minimum atomic E-state index is -3.79. The van der Waals surface area contributed by atoms with Crippen molar-refractivity contribution in [2.24, 2.45) is 16.5 Å². The fourth-order valence-corrected chi connectivity index (χ4v) is 4.86. The Bertz CT molecular complexity index is 1040. The fraction of sp³-hybridized carbons (Fsp3) is 0.364. The van der Waals surface area contributed by atoms with Gasteiger partial charge in [0, 0.05) is 32.4 Å². The monoisotopic (exact) mass is 443 g/mol. The summed E-state index contributed by atoms with van der Waals surface area (Å²) >= 11 is 0. The summed E-state index contributed by atoms with van der Waals surface area (Å²) < 4.78 is 27.6. The molecule has 1 saturated heterocycles. The first-order valence-electron chi connectivity index (χ1n) is 10.3. The lowest BCUT2D eigenvalue weighted by Gasteiger charge is -2.30. The summed E-state index contributed by atoms with van der Waals surface area (Å²) in [4.78, 5) is 18.5. The summed E-state index contributed by atoms with van der Waals surface area (Å²) in [6.07, 6.45) is 3.74. The molecule has 1 amide bonds. The van der Waals surface area contributed by atoms with Crippen LogP contribution in [0.2, 0.25) is 0 Å². The average Bonchev–Trinajstić information content (AvgIpc) is 2.77. The molecule has 1 fully saturated rings. The molecular weight excluding hydrogens is 414 g/mol. The number of hydrogen-bond acceptors (Lipinski definition) is 4. The first-order valence-corrected chi connectivity index (χ1v) is 11.8. The Morgan fingerprint density at radius 1 is 1.06 bits per heavy atom. The van der Waals surface area contributed by atoms with E-state index in [1.807, 2.05) is 30.3 Å². The zero-order valence-corrected chi connectivity index (χ0v) is 18.5. The zero-order valence-electron chi connectivity index (χ0n) is 17.7. The van der Waals surface area contributed by atoms with Crippen LogP contribution in [-0.4, -0.2) is 51.3 Å². The first kappa shape index (κ1) is 22.8. The third-order valence-electron chi connectivity index (χ3n) is 5.39. The van der Waals surface area contributed by atoms with Crippen molar-refractivity contribution >= 4 is 27.6 Å². The highest BCUT2D eigenvalue weighted by molar-refractivity contribution is 7.89. The molecule has 31 heavy (non-hydrogen) atoms. The van der Waals surface area contributed by atoms with Crippen molar-refractivity contribution in [3.05, 3.63) is 59.7 Å². The molecular formula is C22H29N5O3S. The minimum absolute atomic E-state index is 0.0398. The third-order valence-corrected chi connectivity index (χ3v) is 7.25. The fourth-order valence-electron chi connectivity index (χ4n) is 3.67. The molecule has 2 aromatic carbocycles. The summed E-state index contributed by atoms with van der Waals surface area (Å²) in [6.45, 7) is 1.91. The number of anilines is 1. The van der Waals surface area contributed by atoms with E-state index in [-0.39, 0.29) is 16.4 Å². The summed E-state index contributed by atoms with van der Waals surface area (Å²) in [5.41, 5.74) is 12.7. The maximum absolute atomic E-state index is 13.2. The Morgan fingerprint density at radius 2 is 1.74 bits per heavy atom. The van der Waals surface area contributed by atoms with Crippen molar-refractivity contribution in [1.82, 2.24) is 4.31 Å².